The molecule has 4 nitrogen and oxygen atoms in total. The third-order valence-electron chi connectivity index (χ3n) is 4.57. The SMILES string of the molecule is O=C([C@H]1CC(c2ccc(Cl)s2)=NO1)N1CCC[C@H]1c1cccc(F)c1. The summed E-state index contributed by atoms with van der Waals surface area (Å²) in [6.07, 6.45) is 1.54. The molecule has 2 aliphatic rings. The lowest BCUT2D eigenvalue weighted by Crippen LogP contribution is -2.38. The Balaban J connectivity index is 1.48. The Morgan fingerprint density at radius 3 is 3.00 bits per heavy atom. The number of amides is 1. The van der Waals surface area contributed by atoms with Gasteiger partial charge in [0, 0.05) is 13.0 Å². The van der Waals surface area contributed by atoms with Crippen LogP contribution in [0.1, 0.15) is 35.7 Å². The Kier molecular flexibility index (Phi) is 4.48. The highest BCUT2D eigenvalue weighted by Crippen LogP contribution is 2.34. The fourth-order valence-electron chi connectivity index (χ4n) is 3.40. The van der Waals surface area contributed by atoms with E-state index in [4.69, 9.17) is 16.4 Å². The third-order valence-corrected chi connectivity index (χ3v) is 5.85. The highest BCUT2D eigenvalue weighted by molar-refractivity contribution is 7.18. The number of likely N-dealkylation sites (tertiary alicyclic amines) is 1. The van der Waals surface area contributed by atoms with Gasteiger partial charge in [-0.15, -0.1) is 11.3 Å². The summed E-state index contributed by atoms with van der Waals surface area (Å²) >= 11 is 7.38. The van der Waals surface area contributed by atoms with Crippen molar-refractivity contribution in [3.05, 3.63) is 57.0 Å². The Morgan fingerprint density at radius 1 is 1.36 bits per heavy atom. The number of thiophene rings is 1. The van der Waals surface area contributed by atoms with Gasteiger partial charge in [-0.1, -0.05) is 28.9 Å². The minimum atomic E-state index is -0.620. The van der Waals surface area contributed by atoms with E-state index in [1.54, 1.807) is 17.0 Å². The van der Waals surface area contributed by atoms with Crippen molar-refractivity contribution in [1.29, 1.82) is 0 Å². The number of hydrogen-bond acceptors (Lipinski definition) is 4. The zero-order chi connectivity index (χ0) is 17.4. The lowest BCUT2D eigenvalue weighted by atomic mass is 10.0. The number of benzene rings is 1. The Hall–Kier alpha value is -1.92. The lowest BCUT2D eigenvalue weighted by molar-refractivity contribution is -0.143. The number of rotatable bonds is 3. The van der Waals surface area contributed by atoms with Crippen molar-refractivity contribution in [1.82, 2.24) is 4.90 Å². The molecule has 0 radical (unpaired) electrons. The molecule has 1 fully saturated rings. The highest BCUT2D eigenvalue weighted by Gasteiger charge is 2.38. The number of carbonyl (C=O) groups is 1. The monoisotopic (exact) mass is 378 g/mol. The minimum absolute atomic E-state index is 0.0897. The second-order valence-electron chi connectivity index (χ2n) is 6.18. The molecular weight excluding hydrogens is 363 g/mol. The summed E-state index contributed by atoms with van der Waals surface area (Å²) in [7, 11) is 0. The van der Waals surface area contributed by atoms with Crippen molar-refractivity contribution in [2.45, 2.75) is 31.4 Å². The van der Waals surface area contributed by atoms with E-state index in [-0.39, 0.29) is 17.8 Å². The highest BCUT2D eigenvalue weighted by atomic mass is 35.5. The second-order valence-corrected chi connectivity index (χ2v) is 7.90. The average molecular weight is 379 g/mol. The maximum Gasteiger partial charge on any atom is 0.267 e. The molecule has 1 aromatic carbocycles. The van der Waals surface area contributed by atoms with Crippen molar-refractivity contribution in [2.24, 2.45) is 5.16 Å². The van der Waals surface area contributed by atoms with Crippen molar-refractivity contribution < 1.29 is 14.0 Å². The van der Waals surface area contributed by atoms with Gasteiger partial charge in [-0.3, -0.25) is 4.79 Å². The molecule has 130 valence electrons. The van der Waals surface area contributed by atoms with Crippen molar-refractivity contribution >= 4 is 34.6 Å². The molecular formula is C18H16ClFN2O2S. The van der Waals surface area contributed by atoms with E-state index in [1.165, 1.54) is 23.5 Å². The summed E-state index contributed by atoms with van der Waals surface area (Å²) in [4.78, 5) is 21.0. The van der Waals surface area contributed by atoms with Crippen molar-refractivity contribution in [3.8, 4) is 0 Å². The van der Waals surface area contributed by atoms with Crippen LogP contribution < -0.4 is 0 Å². The average Bonchev–Trinajstić information content (AvgIpc) is 3.34. The summed E-state index contributed by atoms with van der Waals surface area (Å²) < 4.78 is 14.2. The molecule has 1 saturated heterocycles. The smallest absolute Gasteiger partial charge is 0.267 e. The first-order chi connectivity index (χ1) is 12.1. The van der Waals surface area contributed by atoms with Gasteiger partial charge < -0.3 is 9.74 Å². The van der Waals surface area contributed by atoms with E-state index in [0.29, 0.717) is 17.3 Å². The predicted molar refractivity (Wildman–Crippen MR) is 95.4 cm³/mol. The molecule has 0 saturated carbocycles. The van der Waals surface area contributed by atoms with Crippen LogP contribution >= 0.6 is 22.9 Å². The number of oxime groups is 1. The van der Waals surface area contributed by atoms with Crippen molar-refractivity contribution in [2.75, 3.05) is 6.54 Å². The topological polar surface area (TPSA) is 41.9 Å². The molecule has 2 aromatic rings. The van der Waals surface area contributed by atoms with Gasteiger partial charge in [0.1, 0.15) is 11.5 Å². The van der Waals surface area contributed by atoms with Gasteiger partial charge in [0.2, 0.25) is 6.10 Å². The van der Waals surface area contributed by atoms with E-state index >= 15 is 0 Å². The van der Waals surface area contributed by atoms with Crippen LogP contribution in [-0.2, 0) is 9.63 Å². The van der Waals surface area contributed by atoms with Crippen LogP contribution in [0, 0.1) is 5.82 Å². The van der Waals surface area contributed by atoms with Gasteiger partial charge in [-0.05, 0) is 42.7 Å². The van der Waals surface area contributed by atoms with Gasteiger partial charge in [0.25, 0.3) is 5.91 Å². The molecule has 1 aromatic heterocycles. The van der Waals surface area contributed by atoms with E-state index in [1.807, 2.05) is 12.1 Å². The maximum absolute atomic E-state index is 13.5. The zero-order valence-corrected chi connectivity index (χ0v) is 14.9. The third kappa shape index (κ3) is 3.28. The number of hydrogen-bond donors (Lipinski definition) is 0. The summed E-state index contributed by atoms with van der Waals surface area (Å²) in [5.74, 6) is -0.373. The van der Waals surface area contributed by atoms with Crippen LogP contribution in [0.15, 0.2) is 41.6 Å². The largest absolute Gasteiger partial charge is 0.382 e. The fourth-order valence-corrected chi connectivity index (χ4v) is 4.43. The fraction of sp³-hybridized carbons (Fsp3) is 0.333. The summed E-state index contributed by atoms with van der Waals surface area (Å²) in [5, 5.41) is 4.07. The standard InChI is InChI=1S/C18H16ClFN2O2S/c19-17-7-6-16(25-17)13-10-15(24-21-13)18(23)22-8-2-5-14(22)11-3-1-4-12(20)9-11/h1,3-4,6-7,9,14-15H,2,5,8,10H2/t14-,15+/m0/s1. The minimum Gasteiger partial charge on any atom is -0.382 e. The maximum atomic E-state index is 13.5. The molecule has 0 bridgehead atoms. The number of halogens is 2. The van der Waals surface area contributed by atoms with Crippen LogP contribution in [0.3, 0.4) is 0 Å². The molecule has 0 N–H and O–H groups in total. The molecule has 0 unspecified atom stereocenters. The van der Waals surface area contributed by atoms with Crippen LogP contribution in [-0.4, -0.2) is 29.2 Å². The normalized spacial score (nSPS) is 22.8. The van der Waals surface area contributed by atoms with Gasteiger partial charge in [0.05, 0.1) is 15.3 Å². The van der Waals surface area contributed by atoms with Crippen molar-refractivity contribution in [3.63, 3.8) is 0 Å². The van der Waals surface area contributed by atoms with Crippen LogP contribution in [0.4, 0.5) is 4.39 Å². The molecule has 4 rings (SSSR count). The van der Waals surface area contributed by atoms with Crippen LogP contribution in [0.2, 0.25) is 4.34 Å². The lowest BCUT2D eigenvalue weighted by Gasteiger charge is -2.26. The number of carbonyl (C=O) groups excluding carboxylic acids is 1. The first-order valence-electron chi connectivity index (χ1n) is 8.16. The Bertz CT molecular complexity index is 838. The first-order valence-corrected chi connectivity index (χ1v) is 9.35. The van der Waals surface area contributed by atoms with E-state index in [0.717, 1.165) is 29.0 Å². The summed E-state index contributed by atoms with van der Waals surface area (Å²) in [6, 6.07) is 10.0. The van der Waals surface area contributed by atoms with Gasteiger partial charge in [-0.2, -0.15) is 0 Å². The number of nitrogens with zero attached hydrogens (tertiary/aromatic N) is 2. The van der Waals surface area contributed by atoms with E-state index in [9.17, 15) is 9.18 Å². The molecule has 7 heteroatoms. The van der Waals surface area contributed by atoms with Gasteiger partial charge in [-0.25, -0.2) is 4.39 Å². The van der Waals surface area contributed by atoms with Gasteiger partial charge in [0.15, 0.2) is 0 Å². The first kappa shape index (κ1) is 16.5. The Morgan fingerprint density at radius 2 is 2.24 bits per heavy atom. The second kappa shape index (κ2) is 6.77. The molecule has 25 heavy (non-hydrogen) atoms. The van der Waals surface area contributed by atoms with Crippen LogP contribution in [0.25, 0.3) is 0 Å². The quantitative estimate of drug-likeness (QED) is 0.794. The molecule has 0 aliphatic carbocycles. The molecule has 2 atom stereocenters. The molecule has 1 amide bonds. The zero-order valence-electron chi connectivity index (χ0n) is 13.3. The molecule has 3 heterocycles. The van der Waals surface area contributed by atoms with Crippen LogP contribution in [0.5, 0.6) is 0 Å². The predicted octanol–water partition coefficient (Wildman–Crippen LogP) is 4.40. The summed E-state index contributed by atoms with van der Waals surface area (Å²) in [6.45, 7) is 0.653. The van der Waals surface area contributed by atoms with E-state index < -0.39 is 6.10 Å². The molecule has 2 aliphatic heterocycles. The Labute approximate surface area is 153 Å². The summed E-state index contributed by atoms with van der Waals surface area (Å²) in [5.41, 5.74) is 1.58. The van der Waals surface area contributed by atoms with E-state index in [2.05, 4.69) is 5.16 Å². The molecule has 0 spiro atoms. The van der Waals surface area contributed by atoms with Gasteiger partial charge >= 0.3 is 0 Å².